The van der Waals surface area contributed by atoms with E-state index in [1.165, 1.54) is 0 Å². The molecule has 0 atom stereocenters. The number of rotatable bonds is 7. The predicted octanol–water partition coefficient (Wildman–Crippen LogP) is 5.82. The van der Waals surface area contributed by atoms with Crippen LogP contribution in [0.3, 0.4) is 0 Å². The third-order valence-electron chi connectivity index (χ3n) is 3.97. The Morgan fingerprint density at radius 3 is 1.64 bits per heavy atom. The van der Waals surface area contributed by atoms with Gasteiger partial charge in [-0.05, 0) is 25.0 Å². The van der Waals surface area contributed by atoms with Crippen LogP contribution in [-0.4, -0.2) is 19.3 Å². The van der Waals surface area contributed by atoms with Crippen LogP contribution in [0.15, 0.2) is 78.9 Å². The maximum absolute atomic E-state index is 6.20. The fraction of sp³-hybridized carbons (Fsp3) is 0.217. The van der Waals surface area contributed by atoms with Crippen LogP contribution in [-0.2, 0) is 4.74 Å². The van der Waals surface area contributed by atoms with E-state index in [2.05, 4.69) is 66.7 Å². The van der Waals surface area contributed by atoms with Gasteiger partial charge in [-0.2, -0.15) is 0 Å². The normalized spacial score (nSPS) is 10.8. The average Bonchev–Trinajstić information content (AvgIpc) is 2.66. The SMILES string of the molecule is CC(C)OCCOc1c(-c2ccccc2)cccc1-c1ccccc1. The molecule has 0 saturated carbocycles. The molecule has 128 valence electrons. The van der Waals surface area contributed by atoms with Gasteiger partial charge in [0.25, 0.3) is 0 Å². The van der Waals surface area contributed by atoms with Gasteiger partial charge in [0.2, 0.25) is 0 Å². The van der Waals surface area contributed by atoms with Crippen molar-refractivity contribution in [2.24, 2.45) is 0 Å². The van der Waals surface area contributed by atoms with Gasteiger partial charge in [0, 0.05) is 11.1 Å². The van der Waals surface area contributed by atoms with Crippen LogP contribution in [0.2, 0.25) is 0 Å². The minimum Gasteiger partial charge on any atom is -0.490 e. The van der Waals surface area contributed by atoms with E-state index in [1.54, 1.807) is 0 Å². The van der Waals surface area contributed by atoms with Crippen molar-refractivity contribution in [3.63, 3.8) is 0 Å². The highest BCUT2D eigenvalue weighted by Gasteiger charge is 2.13. The Labute approximate surface area is 150 Å². The van der Waals surface area contributed by atoms with Crippen LogP contribution in [0.1, 0.15) is 13.8 Å². The fourth-order valence-corrected chi connectivity index (χ4v) is 2.81. The molecule has 0 aliphatic rings. The maximum atomic E-state index is 6.20. The second-order valence-electron chi connectivity index (χ2n) is 6.18. The van der Waals surface area contributed by atoms with Gasteiger partial charge in [-0.3, -0.25) is 0 Å². The van der Waals surface area contributed by atoms with E-state index in [9.17, 15) is 0 Å². The van der Waals surface area contributed by atoms with Crippen molar-refractivity contribution in [1.29, 1.82) is 0 Å². The van der Waals surface area contributed by atoms with Gasteiger partial charge in [-0.25, -0.2) is 0 Å². The first-order valence-electron chi connectivity index (χ1n) is 8.74. The molecule has 3 aromatic rings. The second-order valence-corrected chi connectivity index (χ2v) is 6.18. The standard InChI is InChI=1S/C23H24O2/c1-18(2)24-16-17-25-23-21(19-10-5-3-6-11-19)14-9-15-22(23)20-12-7-4-8-13-20/h3-15,18H,16-17H2,1-2H3. The molecule has 0 amide bonds. The summed E-state index contributed by atoms with van der Waals surface area (Å²) in [6.45, 7) is 5.18. The van der Waals surface area contributed by atoms with Gasteiger partial charge in [-0.15, -0.1) is 0 Å². The van der Waals surface area contributed by atoms with Gasteiger partial charge in [0.1, 0.15) is 12.4 Å². The molecule has 0 N–H and O–H groups in total. The molecule has 3 aromatic carbocycles. The molecule has 2 heteroatoms. The highest BCUT2D eigenvalue weighted by molar-refractivity contribution is 5.82. The lowest BCUT2D eigenvalue weighted by Crippen LogP contribution is -2.12. The summed E-state index contributed by atoms with van der Waals surface area (Å²) < 4.78 is 11.8. The highest BCUT2D eigenvalue weighted by atomic mass is 16.5. The largest absolute Gasteiger partial charge is 0.490 e. The Morgan fingerprint density at radius 2 is 1.16 bits per heavy atom. The van der Waals surface area contributed by atoms with Crippen LogP contribution >= 0.6 is 0 Å². The molecule has 0 saturated heterocycles. The molecule has 0 unspecified atom stereocenters. The Hall–Kier alpha value is -2.58. The monoisotopic (exact) mass is 332 g/mol. The van der Waals surface area contributed by atoms with Crippen LogP contribution < -0.4 is 4.74 Å². The minimum atomic E-state index is 0.210. The molecule has 2 nitrogen and oxygen atoms in total. The zero-order valence-electron chi connectivity index (χ0n) is 14.8. The lowest BCUT2D eigenvalue weighted by Gasteiger charge is -2.17. The van der Waals surface area contributed by atoms with E-state index in [-0.39, 0.29) is 6.10 Å². The van der Waals surface area contributed by atoms with Crippen molar-refractivity contribution in [3.05, 3.63) is 78.9 Å². The van der Waals surface area contributed by atoms with Gasteiger partial charge < -0.3 is 9.47 Å². The van der Waals surface area contributed by atoms with E-state index in [4.69, 9.17) is 9.47 Å². The van der Waals surface area contributed by atoms with E-state index < -0.39 is 0 Å². The first-order valence-corrected chi connectivity index (χ1v) is 8.74. The van der Waals surface area contributed by atoms with Crippen molar-refractivity contribution < 1.29 is 9.47 Å². The molecule has 0 aliphatic carbocycles. The predicted molar refractivity (Wildman–Crippen MR) is 104 cm³/mol. The van der Waals surface area contributed by atoms with E-state index in [1.807, 2.05) is 26.0 Å². The molecular weight excluding hydrogens is 308 g/mol. The van der Waals surface area contributed by atoms with E-state index in [0.717, 1.165) is 28.0 Å². The van der Waals surface area contributed by atoms with Crippen molar-refractivity contribution in [1.82, 2.24) is 0 Å². The zero-order valence-corrected chi connectivity index (χ0v) is 14.8. The van der Waals surface area contributed by atoms with Crippen LogP contribution in [0.25, 0.3) is 22.3 Å². The fourth-order valence-electron chi connectivity index (χ4n) is 2.81. The number of ether oxygens (including phenoxy) is 2. The third kappa shape index (κ3) is 4.49. The molecule has 0 radical (unpaired) electrons. The van der Waals surface area contributed by atoms with Crippen molar-refractivity contribution in [2.75, 3.05) is 13.2 Å². The second kappa shape index (κ2) is 8.50. The summed E-state index contributed by atoms with van der Waals surface area (Å²) in [5, 5.41) is 0. The van der Waals surface area contributed by atoms with Gasteiger partial charge in [0.15, 0.2) is 0 Å². The summed E-state index contributed by atoms with van der Waals surface area (Å²) in [5.41, 5.74) is 4.51. The van der Waals surface area contributed by atoms with Gasteiger partial charge in [0.05, 0.1) is 12.7 Å². The Kier molecular flexibility index (Phi) is 5.86. The molecule has 0 aromatic heterocycles. The van der Waals surface area contributed by atoms with Crippen LogP contribution in [0, 0.1) is 0 Å². The molecule has 0 heterocycles. The van der Waals surface area contributed by atoms with Gasteiger partial charge >= 0.3 is 0 Å². The lowest BCUT2D eigenvalue weighted by atomic mass is 9.97. The summed E-state index contributed by atoms with van der Waals surface area (Å²) in [5.74, 6) is 0.909. The molecular formula is C23H24O2. The third-order valence-corrected chi connectivity index (χ3v) is 3.97. The summed E-state index contributed by atoms with van der Waals surface area (Å²) in [4.78, 5) is 0. The Morgan fingerprint density at radius 1 is 0.640 bits per heavy atom. The smallest absolute Gasteiger partial charge is 0.135 e. The quantitative estimate of drug-likeness (QED) is 0.507. The number of benzene rings is 3. The van der Waals surface area contributed by atoms with Crippen LogP contribution in [0.4, 0.5) is 0 Å². The average molecular weight is 332 g/mol. The van der Waals surface area contributed by atoms with Gasteiger partial charge in [-0.1, -0.05) is 78.9 Å². The van der Waals surface area contributed by atoms with E-state index in [0.29, 0.717) is 13.2 Å². The first kappa shape index (κ1) is 17.2. The van der Waals surface area contributed by atoms with Crippen molar-refractivity contribution in [2.45, 2.75) is 20.0 Å². The molecule has 25 heavy (non-hydrogen) atoms. The summed E-state index contributed by atoms with van der Waals surface area (Å²) in [6.07, 6.45) is 0.210. The molecule has 0 fully saturated rings. The molecule has 3 rings (SSSR count). The number of hydrogen-bond donors (Lipinski definition) is 0. The van der Waals surface area contributed by atoms with Crippen LogP contribution in [0.5, 0.6) is 5.75 Å². The van der Waals surface area contributed by atoms with Crippen molar-refractivity contribution >= 4 is 0 Å². The number of hydrogen-bond acceptors (Lipinski definition) is 2. The summed E-state index contributed by atoms with van der Waals surface area (Å²) in [6, 6.07) is 27.0. The topological polar surface area (TPSA) is 18.5 Å². The summed E-state index contributed by atoms with van der Waals surface area (Å²) >= 11 is 0. The molecule has 0 aliphatic heterocycles. The lowest BCUT2D eigenvalue weighted by molar-refractivity contribution is 0.0555. The molecule has 0 spiro atoms. The molecule has 0 bridgehead atoms. The summed E-state index contributed by atoms with van der Waals surface area (Å²) in [7, 11) is 0. The first-order chi connectivity index (χ1) is 12.3. The maximum Gasteiger partial charge on any atom is 0.135 e. The zero-order chi connectivity index (χ0) is 17.5. The highest BCUT2D eigenvalue weighted by Crippen LogP contribution is 2.38. The minimum absolute atomic E-state index is 0.210. The Balaban J connectivity index is 1.97. The van der Waals surface area contributed by atoms with Crippen molar-refractivity contribution in [3.8, 4) is 28.0 Å². The number of para-hydroxylation sites is 1. The Bertz CT molecular complexity index is 722. The van der Waals surface area contributed by atoms with E-state index >= 15 is 0 Å².